The first kappa shape index (κ1) is 22.7. The first-order valence-corrected chi connectivity index (χ1v) is 12.6. The summed E-state index contributed by atoms with van der Waals surface area (Å²) in [4.78, 5) is 15.2. The largest absolute Gasteiger partial charge is 0.379 e. The third-order valence-corrected chi connectivity index (χ3v) is 7.32. The van der Waals surface area contributed by atoms with Crippen molar-refractivity contribution >= 4 is 21.6 Å². The number of amides is 1. The van der Waals surface area contributed by atoms with Crippen LogP contribution in [-0.2, 0) is 21.2 Å². The number of hydrogen-bond acceptors (Lipinski definition) is 5. The van der Waals surface area contributed by atoms with Gasteiger partial charge in [0.05, 0.1) is 31.2 Å². The molecule has 0 aliphatic carbocycles. The fourth-order valence-corrected chi connectivity index (χ4v) is 5.84. The number of sulfonamides is 1. The summed E-state index contributed by atoms with van der Waals surface area (Å²) < 4.78 is 44.5. The molecular formula is C23H28FN3O4S. The molecule has 4 rings (SSSR count). The van der Waals surface area contributed by atoms with Crippen molar-refractivity contribution in [3.8, 4) is 0 Å². The summed E-state index contributed by atoms with van der Waals surface area (Å²) >= 11 is 0. The summed E-state index contributed by atoms with van der Waals surface area (Å²) in [7, 11) is -3.38. The molecule has 0 aromatic heterocycles. The molecule has 7 nitrogen and oxygen atoms in total. The molecule has 9 heteroatoms. The predicted octanol–water partition coefficient (Wildman–Crippen LogP) is 2.34. The van der Waals surface area contributed by atoms with Crippen LogP contribution in [0, 0.1) is 5.82 Å². The summed E-state index contributed by atoms with van der Waals surface area (Å²) in [5.41, 5.74) is 2.90. The van der Waals surface area contributed by atoms with E-state index in [2.05, 4.69) is 10.2 Å². The minimum absolute atomic E-state index is 0.0985. The zero-order chi connectivity index (χ0) is 22.9. The number of hydrogen-bond donors (Lipinski definition) is 1. The highest BCUT2D eigenvalue weighted by molar-refractivity contribution is 7.92. The second-order valence-electron chi connectivity index (χ2n) is 8.38. The number of ether oxygens (including phenoxy) is 1. The molecule has 0 saturated carbocycles. The van der Waals surface area contributed by atoms with Crippen LogP contribution in [0.4, 0.5) is 10.1 Å². The predicted molar refractivity (Wildman–Crippen MR) is 121 cm³/mol. The average Bonchev–Trinajstić information content (AvgIpc) is 3.11. The number of fused-ring (bicyclic) bond motifs is 1. The van der Waals surface area contributed by atoms with E-state index in [4.69, 9.17) is 4.74 Å². The lowest BCUT2D eigenvalue weighted by Crippen LogP contribution is -2.43. The lowest BCUT2D eigenvalue weighted by Gasteiger charge is -2.35. The van der Waals surface area contributed by atoms with Crippen molar-refractivity contribution in [3.05, 3.63) is 65.0 Å². The molecule has 0 bridgehead atoms. The molecule has 2 aliphatic rings. The molecule has 0 radical (unpaired) electrons. The molecule has 2 aromatic carbocycles. The Balaban J connectivity index is 1.50. The van der Waals surface area contributed by atoms with Crippen molar-refractivity contribution in [1.82, 2.24) is 10.2 Å². The fraction of sp³-hybridized carbons (Fsp3) is 0.435. The first-order valence-electron chi connectivity index (χ1n) is 10.7. The molecule has 2 aliphatic heterocycles. The number of morpholine rings is 1. The van der Waals surface area contributed by atoms with Crippen LogP contribution in [0.15, 0.2) is 42.5 Å². The molecule has 2 aromatic rings. The quantitative estimate of drug-likeness (QED) is 0.715. The number of nitrogens with zero attached hydrogens (tertiary/aromatic N) is 2. The number of rotatable bonds is 6. The zero-order valence-electron chi connectivity index (χ0n) is 18.3. The van der Waals surface area contributed by atoms with E-state index in [0.29, 0.717) is 37.4 Å². The highest BCUT2D eigenvalue weighted by atomic mass is 32.2. The number of halogens is 1. The van der Waals surface area contributed by atoms with Crippen LogP contribution in [0.25, 0.3) is 0 Å². The van der Waals surface area contributed by atoms with Crippen molar-refractivity contribution in [2.45, 2.75) is 25.4 Å². The second kappa shape index (κ2) is 9.17. The molecule has 2 heterocycles. The Hall–Kier alpha value is -2.49. The van der Waals surface area contributed by atoms with Crippen LogP contribution in [0.5, 0.6) is 0 Å². The maximum atomic E-state index is 13.4. The molecule has 172 valence electrons. The Morgan fingerprint density at radius 3 is 2.53 bits per heavy atom. The molecular weight excluding hydrogens is 433 g/mol. The van der Waals surface area contributed by atoms with Crippen molar-refractivity contribution in [2.24, 2.45) is 0 Å². The second-order valence-corrected chi connectivity index (χ2v) is 10.2. The minimum atomic E-state index is -3.38. The van der Waals surface area contributed by atoms with Crippen LogP contribution < -0.4 is 9.62 Å². The van der Waals surface area contributed by atoms with E-state index in [1.165, 1.54) is 22.7 Å². The Bertz CT molecular complexity index is 1080. The lowest BCUT2D eigenvalue weighted by molar-refractivity contribution is 0.0162. The minimum Gasteiger partial charge on any atom is -0.379 e. The van der Waals surface area contributed by atoms with Crippen molar-refractivity contribution in [1.29, 1.82) is 0 Å². The van der Waals surface area contributed by atoms with Gasteiger partial charge in [0.2, 0.25) is 10.0 Å². The van der Waals surface area contributed by atoms with E-state index >= 15 is 0 Å². The van der Waals surface area contributed by atoms with Gasteiger partial charge in [-0.3, -0.25) is 14.0 Å². The third kappa shape index (κ3) is 4.79. The smallest absolute Gasteiger partial charge is 0.251 e. The molecule has 1 saturated heterocycles. The third-order valence-electron chi connectivity index (χ3n) is 6.05. The summed E-state index contributed by atoms with van der Waals surface area (Å²) in [5, 5.41) is 3.01. The molecule has 1 N–H and O–H groups in total. The van der Waals surface area contributed by atoms with E-state index in [1.54, 1.807) is 30.3 Å². The van der Waals surface area contributed by atoms with Gasteiger partial charge in [0, 0.05) is 31.2 Å². The van der Waals surface area contributed by atoms with Gasteiger partial charge in [0.15, 0.2) is 0 Å². The van der Waals surface area contributed by atoms with E-state index in [9.17, 15) is 17.6 Å². The van der Waals surface area contributed by atoms with E-state index in [1.807, 2.05) is 6.92 Å². The molecule has 0 spiro atoms. The van der Waals surface area contributed by atoms with Crippen LogP contribution >= 0.6 is 0 Å². The Morgan fingerprint density at radius 1 is 1.19 bits per heavy atom. The standard InChI is InChI=1S/C23H28FN3O4S/c1-16-13-19-14-18(5-8-21(19)27(16)32(2,29)30)23(28)25-15-22(26-9-11-31-12-10-26)17-3-6-20(24)7-4-17/h3-8,14,16,22H,9-13,15H2,1-2H3,(H,25,28). The fourth-order valence-electron chi connectivity index (χ4n) is 4.57. The van der Waals surface area contributed by atoms with E-state index < -0.39 is 10.0 Å². The molecule has 2 atom stereocenters. The topological polar surface area (TPSA) is 79.0 Å². The summed E-state index contributed by atoms with van der Waals surface area (Å²) in [6, 6.07) is 11.2. The molecule has 1 amide bonds. The number of anilines is 1. The normalized spacial score (nSPS) is 20.1. The SMILES string of the molecule is CC1Cc2cc(C(=O)NCC(c3ccc(F)cc3)N3CCOCC3)ccc2N1S(C)(=O)=O. The number of carbonyl (C=O) groups is 1. The summed E-state index contributed by atoms with van der Waals surface area (Å²) in [5.74, 6) is -0.521. The van der Waals surface area contributed by atoms with Gasteiger partial charge in [0.1, 0.15) is 5.82 Å². The Kier molecular flexibility index (Phi) is 6.50. The van der Waals surface area contributed by atoms with E-state index in [0.717, 1.165) is 24.2 Å². The number of carbonyl (C=O) groups excluding carboxylic acids is 1. The van der Waals surface area contributed by atoms with Crippen LogP contribution in [0.1, 0.15) is 34.5 Å². The Morgan fingerprint density at radius 2 is 1.88 bits per heavy atom. The van der Waals surface area contributed by atoms with Crippen LogP contribution in [-0.4, -0.2) is 64.4 Å². The zero-order valence-corrected chi connectivity index (χ0v) is 19.1. The van der Waals surface area contributed by atoms with Gasteiger partial charge in [-0.2, -0.15) is 0 Å². The molecule has 2 unspecified atom stereocenters. The maximum Gasteiger partial charge on any atom is 0.251 e. The van der Waals surface area contributed by atoms with E-state index in [-0.39, 0.29) is 23.8 Å². The van der Waals surface area contributed by atoms with Gasteiger partial charge in [-0.25, -0.2) is 12.8 Å². The van der Waals surface area contributed by atoms with Crippen LogP contribution in [0.3, 0.4) is 0 Å². The highest BCUT2D eigenvalue weighted by Crippen LogP contribution is 2.34. The van der Waals surface area contributed by atoms with Gasteiger partial charge in [-0.15, -0.1) is 0 Å². The van der Waals surface area contributed by atoms with Gasteiger partial charge >= 0.3 is 0 Å². The van der Waals surface area contributed by atoms with Gasteiger partial charge < -0.3 is 10.1 Å². The summed E-state index contributed by atoms with van der Waals surface area (Å²) in [6.45, 7) is 4.92. The first-order chi connectivity index (χ1) is 15.2. The number of nitrogens with one attached hydrogen (secondary N) is 1. The van der Waals surface area contributed by atoms with Crippen molar-refractivity contribution in [3.63, 3.8) is 0 Å². The summed E-state index contributed by atoms with van der Waals surface area (Å²) in [6.07, 6.45) is 1.76. The average molecular weight is 462 g/mol. The van der Waals surface area contributed by atoms with Crippen LogP contribution in [0.2, 0.25) is 0 Å². The Labute approximate surface area is 188 Å². The van der Waals surface area contributed by atoms with Crippen molar-refractivity contribution in [2.75, 3.05) is 43.4 Å². The van der Waals surface area contributed by atoms with Crippen molar-refractivity contribution < 1.29 is 22.3 Å². The monoisotopic (exact) mass is 461 g/mol. The maximum absolute atomic E-state index is 13.4. The van der Waals surface area contributed by atoms with Gasteiger partial charge in [-0.1, -0.05) is 12.1 Å². The van der Waals surface area contributed by atoms with Gasteiger partial charge in [0.25, 0.3) is 5.91 Å². The molecule has 32 heavy (non-hydrogen) atoms. The highest BCUT2D eigenvalue weighted by Gasteiger charge is 2.33. The molecule has 1 fully saturated rings. The van der Waals surface area contributed by atoms with Gasteiger partial charge in [-0.05, 0) is 54.8 Å². The lowest BCUT2D eigenvalue weighted by atomic mass is 10.0. The number of benzene rings is 2.